The number of carbonyl (C=O) groups is 2. The average molecular weight is 344 g/mol. The Kier molecular flexibility index (Phi) is 5.82. The highest BCUT2D eigenvalue weighted by atomic mass is 19.4. The summed E-state index contributed by atoms with van der Waals surface area (Å²) in [5.41, 5.74) is 0.219. The summed E-state index contributed by atoms with van der Waals surface area (Å²) in [6.07, 6.45) is -2.83. The van der Waals surface area contributed by atoms with Crippen molar-refractivity contribution in [2.24, 2.45) is 0 Å². The number of hydrogen-bond acceptors (Lipinski definition) is 3. The Bertz CT molecular complexity index is 579. The van der Waals surface area contributed by atoms with Crippen LogP contribution in [0.1, 0.15) is 29.9 Å². The second kappa shape index (κ2) is 7.65. The summed E-state index contributed by atoms with van der Waals surface area (Å²) in [5, 5.41) is 10.8. The second-order valence-electron chi connectivity index (χ2n) is 5.84. The summed E-state index contributed by atoms with van der Waals surface area (Å²) in [6, 6.07) is 5.23. The summed E-state index contributed by atoms with van der Waals surface area (Å²) in [6.45, 7) is 1.02. The van der Waals surface area contributed by atoms with E-state index in [0.717, 1.165) is 30.5 Å². The highest BCUT2D eigenvalue weighted by Crippen LogP contribution is 2.32. The number of halogens is 3. The molecule has 1 amide bonds. The van der Waals surface area contributed by atoms with Crippen LogP contribution in [0.4, 0.5) is 13.2 Å². The van der Waals surface area contributed by atoms with Gasteiger partial charge in [0.05, 0.1) is 12.1 Å². The highest BCUT2D eigenvalue weighted by molar-refractivity contribution is 5.82. The van der Waals surface area contributed by atoms with Crippen LogP contribution >= 0.6 is 0 Å². The minimum Gasteiger partial charge on any atom is -0.480 e. The molecule has 1 saturated heterocycles. The van der Waals surface area contributed by atoms with Crippen LogP contribution in [0.25, 0.3) is 0 Å². The first-order valence-electron chi connectivity index (χ1n) is 7.63. The largest absolute Gasteiger partial charge is 0.480 e. The molecule has 0 bridgehead atoms. The number of nitrogens with one attached hydrogen (secondary N) is 1. The monoisotopic (exact) mass is 344 g/mol. The molecule has 8 heteroatoms. The first-order chi connectivity index (χ1) is 11.3. The summed E-state index contributed by atoms with van der Waals surface area (Å²) >= 11 is 0. The van der Waals surface area contributed by atoms with Gasteiger partial charge in [-0.2, -0.15) is 13.2 Å². The smallest absolute Gasteiger partial charge is 0.416 e. The molecule has 2 rings (SSSR count). The van der Waals surface area contributed by atoms with Gasteiger partial charge in [-0.05, 0) is 49.5 Å². The van der Waals surface area contributed by atoms with E-state index in [0.29, 0.717) is 13.1 Å². The van der Waals surface area contributed by atoms with Crippen molar-refractivity contribution in [3.05, 3.63) is 35.4 Å². The van der Waals surface area contributed by atoms with Gasteiger partial charge in [0.1, 0.15) is 6.54 Å². The quantitative estimate of drug-likeness (QED) is 0.858. The maximum absolute atomic E-state index is 12.6. The molecule has 0 unspecified atom stereocenters. The lowest BCUT2D eigenvalue weighted by Crippen LogP contribution is -2.42. The van der Waals surface area contributed by atoms with Gasteiger partial charge in [0.2, 0.25) is 5.91 Å². The maximum atomic E-state index is 12.6. The minimum atomic E-state index is -4.33. The zero-order valence-electron chi connectivity index (χ0n) is 13.0. The first kappa shape index (κ1) is 18.3. The highest BCUT2D eigenvalue weighted by Gasteiger charge is 2.30. The zero-order chi connectivity index (χ0) is 17.7. The molecule has 1 aromatic carbocycles. The summed E-state index contributed by atoms with van der Waals surface area (Å²) < 4.78 is 37.7. The molecule has 1 aromatic rings. The molecule has 0 aromatic heterocycles. The lowest BCUT2D eigenvalue weighted by atomic mass is 9.89. The minimum absolute atomic E-state index is 0.132. The van der Waals surface area contributed by atoms with Gasteiger partial charge in [0.25, 0.3) is 0 Å². The summed E-state index contributed by atoms with van der Waals surface area (Å²) in [5.74, 6) is -1.26. The Labute approximate surface area is 137 Å². The normalized spacial score (nSPS) is 16.8. The zero-order valence-corrected chi connectivity index (χ0v) is 13.0. The molecular formula is C16H19F3N2O3. The van der Waals surface area contributed by atoms with Crippen LogP contribution in [0, 0.1) is 0 Å². The van der Waals surface area contributed by atoms with Crippen LogP contribution in [0.3, 0.4) is 0 Å². The van der Waals surface area contributed by atoms with E-state index in [4.69, 9.17) is 5.11 Å². The van der Waals surface area contributed by atoms with E-state index in [2.05, 4.69) is 5.32 Å². The van der Waals surface area contributed by atoms with E-state index in [1.165, 1.54) is 12.1 Å². The van der Waals surface area contributed by atoms with Gasteiger partial charge in [-0.25, -0.2) is 0 Å². The molecule has 0 aliphatic carbocycles. The topological polar surface area (TPSA) is 69.6 Å². The van der Waals surface area contributed by atoms with Crippen molar-refractivity contribution in [2.75, 3.05) is 26.2 Å². The number of piperidine rings is 1. The Balaban J connectivity index is 1.82. The lowest BCUT2D eigenvalue weighted by Gasteiger charge is -2.31. The molecule has 132 valence electrons. The van der Waals surface area contributed by atoms with Crippen molar-refractivity contribution in [1.82, 2.24) is 10.2 Å². The van der Waals surface area contributed by atoms with E-state index in [1.54, 1.807) is 0 Å². The first-order valence-corrected chi connectivity index (χ1v) is 7.63. The second-order valence-corrected chi connectivity index (χ2v) is 5.84. The number of rotatable bonds is 5. The fourth-order valence-electron chi connectivity index (χ4n) is 2.80. The summed E-state index contributed by atoms with van der Waals surface area (Å²) in [7, 11) is 0. The molecule has 1 aliphatic heterocycles. The van der Waals surface area contributed by atoms with Gasteiger partial charge in [0.15, 0.2) is 0 Å². The maximum Gasteiger partial charge on any atom is 0.416 e. The molecule has 1 aliphatic rings. The number of aliphatic carboxylic acids is 1. The molecule has 24 heavy (non-hydrogen) atoms. The van der Waals surface area contributed by atoms with Crippen LogP contribution in [-0.4, -0.2) is 48.1 Å². The van der Waals surface area contributed by atoms with E-state index < -0.39 is 24.3 Å². The number of carboxylic acid groups (broad SMARTS) is 1. The molecule has 1 fully saturated rings. The fourth-order valence-corrected chi connectivity index (χ4v) is 2.80. The standard InChI is InChI=1S/C16H19F3N2O3/c17-16(18,19)13-3-1-11(2-4-13)12-5-7-21(8-6-12)10-14(22)20-9-15(23)24/h1-4,12H,5-10H2,(H,20,22)(H,23,24). The van der Waals surface area contributed by atoms with Crippen molar-refractivity contribution in [2.45, 2.75) is 24.9 Å². The lowest BCUT2D eigenvalue weighted by molar-refractivity contribution is -0.138. The Morgan fingerprint density at radius 2 is 1.75 bits per heavy atom. The van der Waals surface area contributed by atoms with E-state index in [9.17, 15) is 22.8 Å². The van der Waals surface area contributed by atoms with Gasteiger partial charge in [-0.15, -0.1) is 0 Å². The van der Waals surface area contributed by atoms with Crippen molar-refractivity contribution < 1.29 is 27.9 Å². The fraction of sp³-hybridized carbons (Fsp3) is 0.500. The van der Waals surface area contributed by atoms with Gasteiger partial charge in [-0.3, -0.25) is 14.5 Å². The molecule has 5 nitrogen and oxygen atoms in total. The Morgan fingerprint density at radius 1 is 1.17 bits per heavy atom. The molecule has 1 heterocycles. The van der Waals surface area contributed by atoms with E-state index in [-0.39, 0.29) is 18.4 Å². The number of hydrogen-bond donors (Lipinski definition) is 2. The van der Waals surface area contributed by atoms with Gasteiger partial charge in [-0.1, -0.05) is 12.1 Å². The molecule has 0 atom stereocenters. The Morgan fingerprint density at radius 3 is 2.25 bits per heavy atom. The third-order valence-electron chi connectivity index (χ3n) is 4.10. The van der Waals surface area contributed by atoms with E-state index >= 15 is 0 Å². The van der Waals surface area contributed by atoms with Gasteiger partial charge < -0.3 is 10.4 Å². The number of carbonyl (C=O) groups excluding carboxylic acids is 1. The third-order valence-corrected chi connectivity index (χ3v) is 4.10. The van der Waals surface area contributed by atoms with Crippen molar-refractivity contribution >= 4 is 11.9 Å². The van der Waals surface area contributed by atoms with Gasteiger partial charge >= 0.3 is 12.1 Å². The van der Waals surface area contributed by atoms with E-state index in [1.807, 2.05) is 4.90 Å². The van der Waals surface area contributed by atoms with Crippen molar-refractivity contribution in [1.29, 1.82) is 0 Å². The van der Waals surface area contributed by atoms with Gasteiger partial charge in [0, 0.05) is 0 Å². The van der Waals surface area contributed by atoms with Crippen LogP contribution < -0.4 is 5.32 Å². The van der Waals surface area contributed by atoms with Crippen molar-refractivity contribution in [3.63, 3.8) is 0 Å². The number of nitrogens with zero attached hydrogens (tertiary/aromatic N) is 1. The Hall–Kier alpha value is -2.09. The van der Waals surface area contributed by atoms with Crippen LogP contribution in [0.2, 0.25) is 0 Å². The third kappa shape index (κ3) is 5.23. The number of likely N-dealkylation sites (tertiary alicyclic amines) is 1. The number of alkyl halides is 3. The molecular weight excluding hydrogens is 325 g/mol. The molecule has 0 saturated carbocycles. The number of benzene rings is 1. The van der Waals surface area contributed by atoms with Crippen LogP contribution in [-0.2, 0) is 15.8 Å². The number of amides is 1. The molecule has 0 spiro atoms. The molecule has 0 radical (unpaired) electrons. The van der Waals surface area contributed by atoms with Crippen molar-refractivity contribution in [3.8, 4) is 0 Å². The summed E-state index contributed by atoms with van der Waals surface area (Å²) in [4.78, 5) is 23.9. The predicted octanol–water partition coefficient (Wildman–Crippen LogP) is 2.09. The predicted molar refractivity (Wildman–Crippen MR) is 80.5 cm³/mol. The SMILES string of the molecule is O=C(O)CNC(=O)CN1CCC(c2ccc(C(F)(F)F)cc2)CC1. The molecule has 2 N–H and O–H groups in total. The number of carboxylic acids is 1. The van der Waals surface area contributed by atoms with Crippen LogP contribution in [0.15, 0.2) is 24.3 Å². The van der Waals surface area contributed by atoms with Crippen LogP contribution in [0.5, 0.6) is 0 Å². The average Bonchev–Trinajstić information content (AvgIpc) is 2.53.